The summed E-state index contributed by atoms with van der Waals surface area (Å²) in [6.07, 6.45) is 4.20. The van der Waals surface area contributed by atoms with Gasteiger partial charge in [-0.25, -0.2) is 4.79 Å². The summed E-state index contributed by atoms with van der Waals surface area (Å²) >= 11 is 8.14. The van der Waals surface area contributed by atoms with Crippen LogP contribution in [0.4, 0.5) is 0 Å². The SMILES string of the molecule is CC=Cn1nnnc1SCC1=C(C(=O)O)N2C(=O)C(NC(=S)[C@H]3C[C@H]3C#N)[C@@H]2SC1. The van der Waals surface area contributed by atoms with E-state index in [9.17, 15) is 14.7 Å². The second kappa shape index (κ2) is 8.37. The number of tetrazole rings is 1. The fraction of sp³-hybridized carbons (Fsp3) is 0.471. The molecule has 1 aromatic rings. The van der Waals surface area contributed by atoms with Crippen LogP contribution in [-0.2, 0) is 9.59 Å². The number of nitriles is 1. The molecule has 3 heterocycles. The van der Waals surface area contributed by atoms with Gasteiger partial charge >= 0.3 is 5.97 Å². The van der Waals surface area contributed by atoms with Crippen LogP contribution < -0.4 is 5.32 Å². The molecule has 0 aromatic carbocycles. The highest BCUT2D eigenvalue weighted by Gasteiger charge is 2.55. The molecule has 10 nitrogen and oxygen atoms in total. The first-order chi connectivity index (χ1) is 14.5. The van der Waals surface area contributed by atoms with E-state index in [0.29, 0.717) is 33.6 Å². The quantitative estimate of drug-likeness (QED) is 0.340. The zero-order valence-corrected chi connectivity index (χ0v) is 18.2. The van der Waals surface area contributed by atoms with Gasteiger partial charge in [0.15, 0.2) is 0 Å². The monoisotopic (exact) mass is 463 g/mol. The van der Waals surface area contributed by atoms with Gasteiger partial charge in [-0.05, 0) is 29.3 Å². The Morgan fingerprint density at radius 3 is 3.03 bits per heavy atom. The van der Waals surface area contributed by atoms with Crippen molar-refractivity contribution in [1.29, 1.82) is 5.26 Å². The average molecular weight is 464 g/mol. The first kappa shape index (κ1) is 20.8. The van der Waals surface area contributed by atoms with Crippen LogP contribution in [0.5, 0.6) is 0 Å². The molecule has 2 aliphatic heterocycles. The second-order valence-corrected chi connectivity index (χ2v) is 9.40. The third kappa shape index (κ3) is 3.70. The predicted octanol–water partition coefficient (Wildman–Crippen LogP) is 0.955. The molecule has 4 atom stereocenters. The Hall–Kier alpha value is -2.43. The molecule has 1 saturated carbocycles. The minimum absolute atomic E-state index is 0.00924. The number of carboxylic acids is 1. The Balaban J connectivity index is 1.46. The lowest BCUT2D eigenvalue weighted by Crippen LogP contribution is -2.70. The lowest BCUT2D eigenvalue weighted by molar-refractivity contribution is -0.148. The third-order valence-electron chi connectivity index (χ3n) is 4.97. The number of thiocarbonyl (C=S) groups is 1. The maximum atomic E-state index is 12.7. The third-order valence-corrected chi connectivity index (χ3v) is 7.75. The molecule has 1 aromatic heterocycles. The Morgan fingerprint density at radius 1 is 1.57 bits per heavy atom. The molecule has 2 N–H and O–H groups in total. The molecule has 30 heavy (non-hydrogen) atoms. The standard InChI is InChI=1S/C17H17N7O3S3/c1-2-3-23-17(20-21-22-23)30-7-9-6-29-15-11(14(25)24(15)12(9)16(26)27)19-13(28)10-4-8(10)5-18/h2-3,8,10-11,15H,4,6-7H2,1H3,(H,19,28)(H,26,27)/t8-,10-,11?,15-/m0/s1. The number of nitrogens with one attached hydrogen (secondary N) is 1. The smallest absolute Gasteiger partial charge is 0.352 e. The fourth-order valence-electron chi connectivity index (χ4n) is 3.35. The molecule has 13 heteroatoms. The molecule has 3 aliphatic rings. The van der Waals surface area contributed by atoms with E-state index in [0.717, 1.165) is 0 Å². The number of hydrogen-bond donors (Lipinski definition) is 2. The van der Waals surface area contributed by atoms with Gasteiger partial charge in [-0.15, -0.1) is 16.9 Å². The number of carbonyl (C=O) groups excluding carboxylic acids is 1. The van der Waals surface area contributed by atoms with Crippen LogP contribution in [0.15, 0.2) is 22.5 Å². The Bertz CT molecular complexity index is 1010. The molecule has 0 bridgehead atoms. The summed E-state index contributed by atoms with van der Waals surface area (Å²) in [5.41, 5.74) is 0.663. The molecule has 4 rings (SSSR count). The van der Waals surface area contributed by atoms with Gasteiger partial charge in [-0.1, -0.05) is 30.1 Å². The number of nitrogens with zero attached hydrogens (tertiary/aromatic N) is 6. The number of hydrogen-bond acceptors (Lipinski definition) is 9. The van der Waals surface area contributed by atoms with Crippen molar-refractivity contribution < 1.29 is 14.7 Å². The maximum absolute atomic E-state index is 12.7. The first-order valence-corrected chi connectivity index (χ1v) is 11.5. The molecule has 2 fully saturated rings. The fourth-order valence-corrected chi connectivity index (χ4v) is 6.08. The van der Waals surface area contributed by atoms with E-state index in [-0.39, 0.29) is 28.8 Å². The zero-order chi connectivity index (χ0) is 21.4. The lowest BCUT2D eigenvalue weighted by Gasteiger charge is -2.49. The van der Waals surface area contributed by atoms with Crippen LogP contribution in [0.3, 0.4) is 0 Å². The van der Waals surface area contributed by atoms with Crippen LogP contribution >= 0.6 is 35.7 Å². The number of thioether (sulfide) groups is 2. The molecule has 1 aliphatic carbocycles. The second-order valence-electron chi connectivity index (χ2n) is 6.91. The Morgan fingerprint density at radius 2 is 2.37 bits per heavy atom. The number of allylic oxidation sites excluding steroid dienone is 1. The van der Waals surface area contributed by atoms with Crippen molar-refractivity contribution in [1.82, 2.24) is 30.4 Å². The normalized spacial score (nSPS) is 27.5. The maximum Gasteiger partial charge on any atom is 0.352 e. The summed E-state index contributed by atoms with van der Waals surface area (Å²) in [5, 5.41) is 33.4. The number of β-lactam (4-membered cyclic amide) rings is 1. The van der Waals surface area contributed by atoms with Gasteiger partial charge in [0.05, 0.1) is 17.0 Å². The van der Waals surface area contributed by atoms with E-state index >= 15 is 0 Å². The minimum Gasteiger partial charge on any atom is -0.477 e. The van der Waals surface area contributed by atoms with E-state index in [1.165, 1.54) is 33.1 Å². The number of aliphatic carboxylic acids is 1. The van der Waals surface area contributed by atoms with Gasteiger partial charge in [-0.3, -0.25) is 9.69 Å². The van der Waals surface area contributed by atoms with Gasteiger partial charge in [0.25, 0.3) is 5.91 Å². The van der Waals surface area contributed by atoms with Crippen molar-refractivity contribution >= 4 is 58.8 Å². The Kier molecular flexibility index (Phi) is 5.81. The minimum atomic E-state index is -1.13. The summed E-state index contributed by atoms with van der Waals surface area (Å²) in [6.45, 7) is 1.84. The van der Waals surface area contributed by atoms with Crippen LogP contribution in [0.25, 0.3) is 6.20 Å². The number of aromatic nitrogens is 4. The van der Waals surface area contributed by atoms with E-state index in [1.807, 2.05) is 6.92 Å². The van der Waals surface area contributed by atoms with Crippen molar-refractivity contribution in [3.63, 3.8) is 0 Å². The summed E-state index contributed by atoms with van der Waals surface area (Å²) in [4.78, 5) is 26.5. The topological polar surface area (TPSA) is 137 Å². The summed E-state index contributed by atoms with van der Waals surface area (Å²) < 4.78 is 1.51. The van der Waals surface area contributed by atoms with Crippen molar-refractivity contribution in [2.45, 2.75) is 29.9 Å². The van der Waals surface area contributed by atoms with Crippen molar-refractivity contribution in [2.24, 2.45) is 11.8 Å². The summed E-state index contributed by atoms with van der Waals surface area (Å²) in [6, 6.07) is 1.61. The Labute approximate surface area is 185 Å². The molecule has 1 unspecified atom stereocenters. The van der Waals surface area contributed by atoms with Crippen LogP contribution in [0, 0.1) is 23.2 Å². The molecule has 1 amide bonds. The largest absolute Gasteiger partial charge is 0.477 e. The summed E-state index contributed by atoms with van der Waals surface area (Å²) in [5.74, 6) is -0.723. The highest BCUT2D eigenvalue weighted by molar-refractivity contribution is 8.01. The van der Waals surface area contributed by atoms with Crippen LogP contribution in [-0.4, -0.2) is 70.0 Å². The molecule has 156 valence electrons. The number of amides is 1. The number of fused-ring (bicyclic) bond motifs is 1. The first-order valence-electron chi connectivity index (χ1n) is 9.09. The van der Waals surface area contributed by atoms with Crippen LogP contribution in [0.1, 0.15) is 13.3 Å². The van der Waals surface area contributed by atoms with Crippen molar-refractivity contribution in [3.8, 4) is 6.07 Å². The predicted molar refractivity (Wildman–Crippen MR) is 114 cm³/mol. The van der Waals surface area contributed by atoms with Crippen LogP contribution in [0.2, 0.25) is 0 Å². The molecule has 0 radical (unpaired) electrons. The van der Waals surface area contributed by atoms with Gasteiger partial charge < -0.3 is 10.4 Å². The summed E-state index contributed by atoms with van der Waals surface area (Å²) in [7, 11) is 0. The molecule has 1 saturated heterocycles. The van der Waals surface area contributed by atoms with E-state index in [1.54, 1.807) is 12.3 Å². The van der Waals surface area contributed by atoms with Crippen molar-refractivity contribution in [3.05, 3.63) is 17.3 Å². The number of carbonyl (C=O) groups is 2. The molecular weight excluding hydrogens is 446 g/mol. The average Bonchev–Trinajstić information content (AvgIpc) is 3.41. The molecule has 0 spiro atoms. The number of carboxylic acid groups (broad SMARTS) is 1. The van der Waals surface area contributed by atoms with Gasteiger partial charge in [-0.2, -0.15) is 9.94 Å². The van der Waals surface area contributed by atoms with E-state index < -0.39 is 12.0 Å². The van der Waals surface area contributed by atoms with E-state index in [2.05, 4.69) is 26.9 Å². The van der Waals surface area contributed by atoms with Gasteiger partial charge in [0, 0.05) is 23.6 Å². The van der Waals surface area contributed by atoms with Gasteiger partial charge in [0.2, 0.25) is 5.16 Å². The highest BCUT2D eigenvalue weighted by atomic mass is 32.2. The zero-order valence-electron chi connectivity index (χ0n) is 15.8. The molecular formula is C17H17N7O3S3. The lowest BCUT2D eigenvalue weighted by atomic mass is 10.0. The van der Waals surface area contributed by atoms with Crippen molar-refractivity contribution in [2.75, 3.05) is 11.5 Å². The highest BCUT2D eigenvalue weighted by Crippen LogP contribution is 2.43. The van der Waals surface area contributed by atoms with Gasteiger partial charge in [0.1, 0.15) is 17.1 Å². The van der Waals surface area contributed by atoms with E-state index in [4.69, 9.17) is 17.5 Å². The number of rotatable bonds is 7.